The maximum atomic E-state index is 13.4. The molecule has 5 rings (SSSR count). The molecule has 0 spiro atoms. The number of hydrogen-bond acceptors (Lipinski definition) is 7. The number of nitrogens with zero attached hydrogens (tertiary/aromatic N) is 5. The second-order valence-electron chi connectivity index (χ2n) is 7.98. The van der Waals surface area contributed by atoms with Gasteiger partial charge in [-0.1, -0.05) is 23.4 Å². The smallest absolute Gasteiger partial charge is 0.304 e. The molecule has 34 heavy (non-hydrogen) atoms. The van der Waals surface area contributed by atoms with Crippen molar-refractivity contribution in [3.63, 3.8) is 0 Å². The second kappa shape index (κ2) is 8.40. The third kappa shape index (κ3) is 4.08. The lowest BCUT2D eigenvalue weighted by Gasteiger charge is -2.12. The Morgan fingerprint density at radius 1 is 1.32 bits per heavy atom. The van der Waals surface area contributed by atoms with Crippen molar-refractivity contribution in [1.82, 2.24) is 24.8 Å². The van der Waals surface area contributed by atoms with Crippen LogP contribution in [0.15, 0.2) is 51.1 Å². The molecule has 2 aromatic heterocycles. The first-order valence-electron chi connectivity index (χ1n) is 11.7. The molecule has 1 atom stereocenters. The quantitative estimate of drug-likeness (QED) is 0.405. The number of carboxylic acid groups (broad SMARTS) is 1. The van der Waals surface area contributed by atoms with Crippen LogP contribution in [0.5, 0.6) is 0 Å². The first kappa shape index (κ1) is 19.4. The third-order valence-corrected chi connectivity index (χ3v) is 8.00. The van der Waals surface area contributed by atoms with Gasteiger partial charge in [-0.2, -0.15) is 4.80 Å². The first-order valence-corrected chi connectivity index (χ1v) is 12.9. The van der Waals surface area contributed by atoms with Crippen LogP contribution in [-0.4, -0.2) is 50.5 Å². The minimum absolute atomic E-state index is 0.133. The highest BCUT2D eigenvalue weighted by atomic mass is 35.5. The van der Waals surface area contributed by atoms with Gasteiger partial charge in [-0.15, -0.1) is 10.2 Å². The predicted molar refractivity (Wildman–Crippen MR) is 128 cm³/mol. The molecule has 0 amide bonds. The molecule has 9 nitrogen and oxygen atoms in total. The van der Waals surface area contributed by atoms with Gasteiger partial charge in [0.1, 0.15) is 0 Å². The van der Waals surface area contributed by atoms with Crippen molar-refractivity contribution in [2.24, 2.45) is 7.05 Å². The summed E-state index contributed by atoms with van der Waals surface area (Å²) in [5, 5.41) is 22.2. The van der Waals surface area contributed by atoms with E-state index in [9.17, 15) is 18.3 Å². The zero-order valence-electron chi connectivity index (χ0n) is 20.8. The molecular weight excluding hydrogens is 498 g/mol. The molecule has 0 aliphatic carbocycles. The molecule has 0 bridgehead atoms. The van der Waals surface area contributed by atoms with E-state index in [2.05, 4.69) is 15.4 Å². The second-order valence-corrected chi connectivity index (χ2v) is 10.9. The van der Waals surface area contributed by atoms with E-state index in [1.165, 1.54) is 22.6 Å². The maximum Gasteiger partial charge on any atom is 0.304 e. The number of aromatic nitrogens is 5. The molecule has 4 aromatic rings. The summed E-state index contributed by atoms with van der Waals surface area (Å²) in [5.74, 6) is -1.24. The van der Waals surface area contributed by atoms with Gasteiger partial charge in [0.05, 0.1) is 23.9 Å². The number of rotatable bonds is 6. The molecule has 2 aromatic carbocycles. The van der Waals surface area contributed by atoms with Crippen LogP contribution in [0, 0.1) is 0 Å². The SMILES string of the molecule is [2H]C([2H])([2H])S(=O)(=O)c1cc(-c2nnn(C)n2)cc2c1c(Sc1ccc(Cl)cc1)c1n2CC[C@@H]1CC(=O)O. The van der Waals surface area contributed by atoms with Gasteiger partial charge in [0, 0.05) is 54.2 Å². The van der Waals surface area contributed by atoms with Crippen LogP contribution in [0.25, 0.3) is 22.3 Å². The molecule has 0 saturated heterocycles. The van der Waals surface area contributed by atoms with Gasteiger partial charge in [-0.25, -0.2) is 8.42 Å². The number of aliphatic carboxylic acids is 1. The molecule has 1 N–H and O–H groups in total. The first-order chi connectivity index (χ1) is 17.4. The molecule has 0 saturated carbocycles. The van der Waals surface area contributed by atoms with Crippen LogP contribution in [0.4, 0.5) is 0 Å². The fourth-order valence-corrected chi connectivity index (χ4v) is 6.52. The average Bonchev–Trinajstić information content (AvgIpc) is 3.50. The molecule has 3 heterocycles. The maximum absolute atomic E-state index is 13.4. The van der Waals surface area contributed by atoms with E-state index in [1.54, 1.807) is 37.4 Å². The number of tetrazole rings is 1. The summed E-state index contributed by atoms with van der Waals surface area (Å²) >= 11 is 7.28. The Hall–Kier alpha value is -2.89. The third-order valence-electron chi connectivity index (χ3n) is 5.72. The number of aryl methyl sites for hydroxylation is 2. The summed E-state index contributed by atoms with van der Waals surface area (Å²) in [7, 11) is -3.27. The van der Waals surface area contributed by atoms with E-state index >= 15 is 0 Å². The predicted octanol–water partition coefficient (Wildman–Crippen LogP) is 4.00. The lowest BCUT2D eigenvalue weighted by atomic mass is 10.00. The molecule has 0 radical (unpaired) electrons. The molecule has 176 valence electrons. The van der Waals surface area contributed by atoms with Crippen LogP contribution in [0.1, 0.15) is 28.6 Å². The zero-order chi connectivity index (χ0) is 26.7. The van der Waals surface area contributed by atoms with Crippen molar-refractivity contribution in [3.8, 4) is 11.4 Å². The number of sulfone groups is 1. The summed E-state index contributed by atoms with van der Waals surface area (Å²) in [6, 6.07) is 9.86. The Morgan fingerprint density at radius 2 is 2.09 bits per heavy atom. The van der Waals surface area contributed by atoms with Gasteiger partial charge in [-0.05, 0) is 48.0 Å². The van der Waals surface area contributed by atoms with Crippen molar-refractivity contribution in [1.29, 1.82) is 0 Å². The number of carbonyl (C=O) groups is 1. The fourth-order valence-electron chi connectivity index (χ4n) is 4.36. The number of halogens is 1. The topological polar surface area (TPSA) is 120 Å². The van der Waals surface area contributed by atoms with Crippen molar-refractivity contribution in [3.05, 3.63) is 47.1 Å². The largest absolute Gasteiger partial charge is 0.481 e. The van der Waals surface area contributed by atoms with Crippen molar-refractivity contribution in [2.75, 3.05) is 6.18 Å². The van der Waals surface area contributed by atoms with Gasteiger partial charge < -0.3 is 9.67 Å². The molecular formula is C22H20ClN5O4S2. The number of hydrogen-bond donors (Lipinski definition) is 1. The van der Waals surface area contributed by atoms with Crippen LogP contribution >= 0.6 is 23.4 Å². The number of carboxylic acids is 1. The van der Waals surface area contributed by atoms with Gasteiger partial charge in [0.25, 0.3) is 0 Å². The molecule has 0 unspecified atom stereocenters. The monoisotopic (exact) mass is 520 g/mol. The summed E-state index contributed by atoms with van der Waals surface area (Å²) < 4.78 is 52.1. The normalized spacial score (nSPS) is 17.4. The van der Waals surface area contributed by atoms with E-state index in [0.29, 0.717) is 34.1 Å². The average molecular weight is 521 g/mol. The number of benzene rings is 2. The van der Waals surface area contributed by atoms with Crippen LogP contribution < -0.4 is 0 Å². The van der Waals surface area contributed by atoms with Crippen molar-refractivity contribution in [2.45, 2.75) is 40.0 Å². The Labute approximate surface area is 208 Å². The summed E-state index contributed by atoms with van der Waals surface area (Å²) in [4.78, 5) is 13.7. The fraction of sp³-hybridized carbons (Fsp3) is 0.273. The van der Waals surface area contributed by atoms with Crippen LogP contribution in [0.2, 0.25) is 5.02 Å². The summed E-state index contributed by atoms with van der Waals surface area (Å²) in [6.07, 6.45) is -2.94. The molecule has 1 aliphatic heterocycles. The molecule has 12 heteroatoms. The highest BCUT2D eigenvalue weighted by molar-refractivity contribution is 7.99. The Kier molecular flexibility index (Phi) is 4.80. The van der Waals surface area contributed by atoms with E-state index < -0.39 is 22.0 Å². The van der Waals surface area contributed by atoms with Gasteiger partial charge in [-0.3, -0.25) is 4.79 Å². The Morgan fingerprint density at radius 3 is 2.74 bits per heavy atom. The van der Waals surface area contributed by atoms with E-state index in [-0.39, 0.29) is 34.0 Å². The van der Waals surface area contributed by atoms with E-state index in [0.717, 1.165) is 4.90 Å². The molecule has 0 fully saturated rings. The molecule has 1 aliphatic rings. The zero-order valence-corrected chi connectivity index (χ0v) is 20.2. The van der Waals surface area contributed by atoms with Gasteiger partial charge >= 0.3 is 5.97 Å². The van der Waals surface area contributed by atoms with Crippen molar-refractivity contribution >= 4 is 50.1 Å². The highest BCUT2D eigenvalue weighted by Crippen LogP contribution is 2.49. The highest BCUT2D eigenvalue weighted by Gasteiger charge is 2.34. The lowest BCUT2D eigenvalue weighted by Crippen LogP contribution is -2.04. The van der Waals surface area contributed by atoms with Crippen LogP contribution in [0.3, 0.4) is 0 Å². The number of fused-ring (bicyclic) bond motifs is 3. The van der Waals surface area contributed by atoms with Gasteiger partial charge in [0.15, 0.2) is 9.84 Å². The minimum Gasteiger partial charge on any atom is -0.481 e. The van der Waals surface area contributed by atoms with Crippen molar-refractivity contribution < 1.29 is 22.4 Å². The Balaban J connectivity index is 1.87. The van der Waals surface area contributed by atoms with E-state index in [4.69, 9.17) is 15.7 Å². The minimum atomic E-state index is -4.82. The van der Waals surface area contributed by atoms with Gasteiger partial charge in [0.2, 0.25) is 5.82 Å². The standard InChI is InChI=1S/C22H20ClN5O4S2/c1-27-25-22(24-26-27)13-9-16-19(17(10-13)34(2,31)32)21(33-15-5-3-14(23)4-6-15)20-12(11-18(29)30)7-8-28(16)20/h3-6,9-10,12H,7-8,11H2,1-2H3,(H,29,30)/t12-/m1/s1/i2D3. The summed E-state index contributed by atoms with van der Waals surface area (Å²) in [6.45, 7) is 0.440. The lowest BCUT2D eigenvalue weighted by molar-refractivity contribution is -0.137. The Bertz CT molecular complexity index is 1650. The van der Waals surface area contributed by atoms with E-state index in [1.807, 2.05) is 4.57 Å². The summed E-state index contributed by atoms with van der Waals surface area (Å²) in [5.41, 5.74) is 1.41. The van der Waals surface area contributed by atoms with Crippen LogP contribution in [-0.2, 0) is 28.2 Å².